The topological polar surface area (TPSA) is 61.9 Å². The third-order valence-electron chi connectivity index (χ3n) is 6.07. The summed E-state index contributed by atoms with van der Waals surface area (Å²) in [5.41, 5.74) is 3.41. The first-order chi connectivity index (χ1) is 16.0. The molecule has 1 fully saturated rings. The average molecular weight is 448 g/mol. The minimum absolute atomic E-state index is 0.272. The number of benzene rings is 2. The first-order valence-corrected chi connectivity index (χ1v) is 11.9. The molecule has 0 spiro atoms. The van der Waals surface area contributed by atoms with Gasteiger partial charge in [0.25, 0.3) is 11.8 Å². The fraction of sp³-hybridized carbons (Fsp3) is 0.407. The highest BCUT2D eigenvalue weighted by Gasteiger charge is 2.38. The molecule has 0 unspecified atom stereocenters. The molecule has 2 aromatic rings. The second-order valence-corrected chi connectivity index (χ2v) is 9.05. The second-order valence-electron chi connectivity index (χ2n) is 9.05. The molecule has 0 saturated carbocycles. The molecule has 2 aromatic carbocycles. The van der Waals surface area contributed by atoms with Gasteiger partial charge in [0, 0.05) is 31.0 Å². The van der Waals surface area contributed by atoms with Crippen molar-refractivity contribution in [1.82, 2.24) is 4.90 Å². The van der Waals surface area contributed by atoms with Crippen molar-refractivity contribution in [3.63, 3.8) is 0 Å². The van der Waals surface area contributed by atoms with E-state index < -0.39 is 0 Å². The number of nitrogens with one attached hydrogen (secondary N) is 1. The number of ether oxygens (including phenoxy) is 1. The van der Waals surface area contributed by atoms with Gasteiger partial charge in [0.2, 0.25) is 0 Å². The lowest BCUT2D eigenvalue weighted by Crippen LogP contribution is -2.32. The molecule has 2 heterocycles. The number of imide groups is 1. The Bertz CT molecular complexity index is 1020. The number of carbonyl (C=O) groups excluding carboxylic acids is 2. The number of hydrogen-bond donors (Lipinski definition) is 1. The first kappa shape index (κ1) is 22.9. The molecule has 2 aliphatic rings. The highest BCUT2D eigenvalue weighted by Crippen LogP contribution is 2.32. The maximum atomic E-state index is 13.1. The van der Waals surface area contributed by atoms with E-state index in [1.165, 1.54) is 29.8 Å². The van der Waals surface area contributed by atoms with Gasteiger partial charge in [0.05, 0.1) is 12.2 Å². The van der Waals surface area contributed by atoms with Gasteiger partial charge in [0.1, 0.15) is 11.4 Å². The molecular weight excluding hydrogens is 414 g/mol. The van der Waals surface area contributed by atoms with Crippen molar-refractivity contribution in [2.75, 3.05) is 36.5 Å². The molecule has 174 valence electrons. The van der Waals surface area contributed by atoms with Gasteiger partial charge in [-0.2, -0.15) is 0 Å². The number of amides is 2. The standard InChI is InChI=1S/C27H33N3O3/c1-4-30-26(31)24(20-8-14-23(15-9-20)33-18-19(2)3)25(27(30)32)28-21-10-12-22(13-11-21)29-16-6-5-7-17-29/h8-15,19,28H,4-7,16-18H2,1-3H3. The third-order valence-corrected chi connectivity index (χ3v) is 6.07. The number of anilines is 2. The van der Waals surface area contributed by atoms with E-state index in [9.17, 15) is 9.59 Å². The van der Waals surface area contributed by atoms with Crippen molar-refractivity contribution >= 4 is 28.8 Å². The molecule has 0 aromatic heterocycles. The average Bonchev–Trinajstić information content (AvgIpc) is 3.07. The predicted molar refractivity (Wildman–Crippen MR) is 132 cm³/mol. The molecule has 0 aliphatic carbocycles. The van der Waals surface area contributed by atoms with Crippen LogP contribution in [0.5, 0.6) is 5.75 Å². The molecular formula is C27H33N3O3. The fourth-order valence-electron chi connectivity index (χ4n) is 4.28. The summed E-state index contributed by atoms with van der Waals surface area (Å²) in [4.78, 5) is 29.8. The van der Waals surface area contributed by atoms with Crippen molar-refractivity contribution in [1.29, 1.82) is 0 Å². The van der Waals surface area contributed by atoms with Crippen LogP contribution >= 0.6 is 0 Å². The molecule has 6 nitrogen and oxygen atoms in total. The van der Waals surface area contributed by atoms with Crippen LogP contribution in [-0.2, 0) is 9.59 Å². The Hall–Kier alpha value is -3.28. The Balaban J connectivity index is 1.58. The Morgan fingerprint density at radius 3 is 2.18 bits per heavy atom. The number of piperidine rings is 1. The number of carbonyl (C=O) groups is 2. The Morgan fingerprint density at radius 2 is 1.58 bits per heavy atom. The number of rotatable bonds is 8. The fourth-order valence-corrected chi connectivity index (χ4v) is 4.28. The molecule has 1 saturated heterocycles. The van der Waals surface area contributed by atoms with Gasteiger partial charge < -0.3 is 15.0 Å². The van der Waals surface area contributed by atoms with Gasteiger partial charge in [-0.3, -0.25) is 14.5 Å². The van der Waals surface area contributed by atoms with Gasteiger partial charge in [-0.15, -0.1) is 0 Å². The van der Waals surface area contributed by atoms with Crippen molar-refractivity contribution < 1.29 is 14.3 Å². The summed E-state index contributed by atoms with van der Waals surface area (Å²) in [6.45, 7) is 9.12. The van der Waals surface area contributed by atoms with E-state index in [1.807, 2.05) is 43.3 Å². The Labute approximate surface area is 196 Å². The first-order valence-electron chi connectivity index (χ1n) is 11.9. The van der Waals surface area contributed by atoms with Crippen LogP contribution in [0, 0.1) is 5.92 Å². The molecule has 0 radical (unpaired) electrons. The van der Waals surface area contributed by atoms with Crippen molar-refractivity contribution in [3.05, 3.63) is 59.8 Å². The largest absolute Gasteiger partial charge is 0.493 e. The molecule has 2 amide bonds. The lowest BCUT2D eigenvalue weighted by Gasteiger charge is -2.28. The van der Waals surface area contributed by atoms with Gasteiger partial charge in [0.15, 0.2) is 0 Å². The smallest absolute Gasteiger partial charge is 0.278 e. The summed E-state index contributed by atoms with van der Waals surface area (Å²) in [6.07, 6.45) is 3.74. The van der Waals surface area contributed by atoms with E-state index in [0.29, 0.717) is 35.9 Å². The van der Waals surface area contributed by atoms with Crippen LogP contribution in [0.4, 0.5) is 11.4 Å². The van der Waals surface area contributed by atoms with E-state index in [4.69, 9.17) is 4.74 Å². The van der Waals surface area contributed by atoms with Crippen LogP contribution in [0.1, 0.15) is 45.6 Å². The SMILES string of the molecule is CCN1C(=O)C(Nc2ccc(N3CCCCC3)cc2)=C(c2ccc(OCC(C)C)cc2)C1=O. The van der Waals surface area contributed by atoms with Gasteiger partial charge in [-0.25, -0.2) is 0 Å². The van der Waals surface area contributed by atoms with Crippen molar-refractivity contribution in [3.8, 4) is 5.75 Å². The van der Waals surface area contributed by atoms with Crippen LogP contribution < -0.4 is 15.0 Å². The van der Waals surface area contributed by atoms with Gasteiger partial charge in [-0.1, -0.05) is 26.0 Å². The van der Waals surface area contributed by atoms with Crippen molar-refractivity contribution in [2.24, 2.45) is 5.92 Å². The highest BCUT2D eigenvalue weighted by molar-refractivity contribution is 6.36. The lowest BCUT2D eigenvalue weighted by atomic mass is 10.0. The normalized spacial score (nSPS) is 16.7. The van der Waals surface area contributed by atoms with E-state index >= 15 is 0 Å². The molecule has 0 atom stereocenters. The zero-order valence-electron chi connectivity index (χ0n) is 19.8. The van der Waals surface area contributed by atoms with Crippen LogP contribution in [0.25, 0.3) is 5.57 Å². The summed E-state index contributed by atoms with van der Waals surface area (Å²) in [6, 6.07) is 15.5. The maximum absolute atomic E-state index is 13.1. The maximum Gasteiger partial charge on any atom is 0.278 e. The summed E-state index contributed by atoms with van der Waals surface area (Å²) in [7, 11) is 0. The summed E-state index contributed by atoms with van der Waals surface area (Å²) in [5.74, 6) is 0.611. The quantitative estimate of drug-likeness (QED) is 0.582. The Kier molecular flexibility index (Phi) is 7.02. The second kappa shape index (κ2) is 10.1. The number of hydrogen-bond acceptors (Lipinski definition) is 5. The van der Waals surface area contributed by atoms with Gasteiger partial charge >= 0.3 is 0 Å². The van der Waals surface area contributed by atoms with Crippen LogP contribution in [-0.4, -0.2) is 43.0 Å². The van der Waals surface area contributed by atoms with Crippen LogP contribution in [0.3, 0.4) is 0 Å². The highest BCUT2D eigenvalue weighted by atomic mass is 16.5. The van der Waals surface area contributed by atoms with E-state index in [0.717, 1.165) is 24.5 Å². The Morgan fingerprint density at radius 1 is 0.909 bits per heavy atom. The van der Waals surface area contributed by atoms with E-state index in [-0.39, 0.29) is 11.8 Å². The number of likely N-dealkylation sites (N-methyl/N-ethyl adjacent to an activating group) is 1. The molecule has 2 aliphatic heterocycles. The van der Waals surface area contributed by atoms with Crippen LogP contribution in [0.2, 0.25) is 0 Å². The third kappa shape index (κ3) is 5.05. The molecule has 33 heavy (non-hydrogen) atoms. The minimum atomic E-state index is -0.294. The van der Waals surface area contributed by atoms with Crippen molar-refractivity contribution in [2.45, 2.75) is 40.0 Å². The van der Waals surface area contributed by atoms with Gasteiger partial charge in [-0.05, 0) is 74.1 Å². The molecule has 4 rings (SSSR count). The number of nitrogens with zero attached hydrogens (tertiary/aromatic N) is 2. The minimum Gasteiger partial charge on any atom is -0.493 e. The molecule has 1 N–H and O–H groups in total. The summed E-state index contributed by atoms with van der Waals surface area (Å²) in [5, 5.41) is 3.24. The zero-order valence-corrected chi connectivity index (χ0v) is 19.8. The van der Waals surface area contributed by atoms with E-state index in [1.54, 1.807) is 0 Å². The summed E-state index contributed by atoms with van der Waals surface area (Å²) >= 11 is 0. The zero-order chi connectivity index (χ0) is 23.4. The summed E-state index contributed by atoms with van der Waals surface area (Å²) < 4.78 is 5.76. The molecule has 0 bridgehead atoms. The monoisotopic (exact) mass is 447 g/mol. The molecule has 6 heteroatoms. The lowest BCUT2D eigenvalue weighted by molar-refractivity contribution is -0.136. The van der Waals surface area contributed by atoms with E-state index in [2.05, 4.69) is 36.2 Å². The van der Waals surface area contributed by atoms with Crippen LogP contribution in [0.15, 0.2) is 54.2 Å². The predicted octanol–water partition coefficient (Wildman–Crippen LogP) is 4.92.